The number of morpholine rings is 1. The van der Waals surface area contributed by atoms with E-state index >= 15 is 0 Å². The molecule has 0 spiro atoms. The molecule has 2 bridgehead atoms. The van der Waals surface area contributed by atoms with E-state index in [9.17, 15) is 13.6 Å². The van der Waals surface area contributed by atoms with E-state index in [-0.39, 0.29) is 46.8 Å². The number of pyridine rings is 1. The number of piperazine rings is 1. The van der Waals surface area contributed by atoms with Gasteiger partial charge in [-0.15, -0.1) is 0 Å². The lowest BCUT2D eigenvalue weighted by Gasteiger charge is -2.47. The Morgan fingerprint density at radius 1 is 1.13 bits per heavy atom. The number of thiazole rings is 1. The number of ether oxygens (including phenoxy) is 3. The van der Waals surface area contributed by atoms with Crippen molar-refractivity contribution in [2.45, 2.75) is 49.6 Å². The highest BCUT2D eigenvalue weighted by Crippen LogP contribution is 2.41. The maximum Gasteiger partial charge on any atom is 0.319 e. The largest absolute Gasteiger partial charge is 0.461 e. The molecule has 8 heterocycles. The molecule has 5 saturated heterocycles. The Morgan fingerprint density at radius 3 is 2.72 bits per heavy atom. The number of hydrogen-bond acceptors (Lipinski definition) is 12. The maximum absolute atomic E-state index is 14.9. The van der Waals surface area contributed by atoms with Gasteiger partial charge in [0.1, 0.15) is 29.8 Å². The van der Waals surface area contributed by atoms with Crippen LogP contribution in [0.4, 0.5) is 19.7 Å². The fourth-order valence-electron chi connectivity index (χ4n) is 8.23. The smallest absolute Gasteiger partial charge is 0.319 e. The van der Waals surface area contributed by atoms with Crippen molar-refractivity contribution in [3.05, 3.63) is 34.4 Å². The number of nitrogen functional groups attached to an aromatic ring is 1. The van der Waals surface area contributed by atoms with Crippen LogP contribution in [0.3, 0.4) is 0 Å². The first kappa shape index (κ1) is 29.6. The van der Waals surface area contributed by atoms with Gasteiger partial charge in [0.2, 0.25) is 0 Å². The molecule has 12 nitrogen and oxygen atoms in total. The Bertz CT molecular complexity index is 1910. The maximum atomic E-state index is 14.9. The number of anilines is 2. The van der Waals surface area contributed by atoms with Gasteiger partial charge in [-0.05, 0) is 37.6 Å². The zero-order valence-corrected chi connectivity index (χ0v) is 26.6. The third-order valence-electron chi connectivity index (χ3n) is 10.5. The number of fused-ring (bicyclic) bond motifs is 5. The summed E-state index contributed by atoms with van der Waals surface area (Å²) < 4.78 is 49.3. The van der Waals surface area contributed by atoms with Crippen molar-refractivity contribution in [3.63, 3.8) is 0 Å². The summed E-state index contributed by atoms with van der Waals surface area (Å²) in [4.78, 5) is 33.5. The van der Waals surface area contributed by atoms with Crippen LogP contribution in [0, 0.1) is 11.7 Å². The Hall–Kier alpha value is -3.50. The van der Waals surface area contributed by atoms with Crippen molar-refractivity contribution in [1.29, 1.82) is 0 Å². The molecule has 5 fully saturated rings. The number of halogens is 2. The van der Waals surface area contributed by atoms with Gasteiger partial charge in [0.05, 0.1) is 65.5 Å². The van der Waals surface area contributed by atoms with Crippen LogP contribution in [0.25, 0.3) is 32.4 Å². The minimum atomic E-state index is -0.887. The number of nitrogens with zero attached hydrogens (tertiary/aromatic N) is 6. The molecule has 3 aromatic heterocycles. The SMILES string of the molecule is Nc1nc2c(-c3cc4nc(OC[C@@]56CCCN5C[C@H](F)C6)nc(N5C6CNCC5COC6)c4c(=O)n3CC3COC3)ccc(F)c2s1. The molecule has 5 aliphatic heterocycles. The molecule has 3 N–H and O–H groups in total. The van der Waals surface area contributed by atoms with Crippen molar-refractivity contribution in [2.24, 2.45) is 5.92 Å². The molecule has 4 aromatic rings. The molecule has 1 aromatic carbocycles. The molecular weight excluding hydrogens is 630 g/mol. The summed E-state index contributed by atoms with van der Waals surface area (Å²) in [7, 11) is 0. The van der Waals surface area contributed by atoms with Gasteiger partial charge in [-0.3, -0.25) is 9.69 Å². The molecule has 0 amide bonds. The first-order valence-electron chi connectivity index (χ1n) is 16.3. The van der Waals surface area contributed by atoms with Gasteiger partial charge in [-0.1, -0.05) is 11.3 Å². The second-order valence-electron chi connectivity index (χ2n) is 13.5. The van der Waals surface area contributed by atoms with E-state index in [0.717, 1.165) is 30.7 Å². The number of rotatable bonds is 7. The number of hydrogen-bond donors (Lipinski definition) is 2. The third kappa shape index (κ3) is 4.88. The minimum Gasteiger partial charge on any atom is -0.461 e. The summed E-state index contributed by atoms with van der Waals surface area (Å²) in [6, 6.07) is 4.95. The van der Waals surface area contributed by atoms with E-state index in [0.29, 0.717) is 97.2 Å². The number of nitrogens with two attached hydrogens (primary N) is 1. The predicted octanol–water partition coefficient (Wildman–Crippen LogP) is 2.57. The minimum absolute atomic E-state index is 0.0400. The Balaban J connectivity index is 1.24. The standard InChI is InChI=1S/C32H36F2N8O4S/c33-18-7-32(4-1-5-40(32)11-18)16-46-31-37-23-6-24(21-2-3-22(34)27-26(21)38-30(35)47-27)41(10-17-12-44-13-17)29(43)25(23)28(39-31)42-19-8-36-9-20(42)15-45-14-19/h2-3,6,17-20,36H,1,4-5,7-16H2,(H2,35,38)/t18-,19?,20?,32+/m1/s1. The average molecular weight is 667 g/mol. The summed E-state index contributed by atoms with van der Waals surface area (Å²) >= 11 is 1.07. The number of aromatic nitrogens is 4. The van der Waals surface area contributed by atoms with Crippen molar-refractivity contribution in [1.82, 2.24) is 29.7 Å². The highest BCUT2D eigenvalue weighted by molar-refractivity contribution is 7.22. The van der Waals surface area contributed by atoms with Crippen LogP contribution in [0.15, 0.2) is 23.0 Å². The molecular formula is C32H36F2N8O4S. The fourth-order valence-corrected chi connectivity index (χ4v) is 9.00. The topological polar surface area (TPSA) is 133 Å². The molecule has 9 rings (SSSR count). The molecule has 2 unspecified atom stereocenters. The highest BCUT2D eigenvalue weighted by Gasteiger charge is 2.49. The first-order valence-corrected chi connectivity index (χ1v) is 17.2. The van der Waals surface area contributed by atoms with E-state index in [1.54, 1.807) is 10.6 Å². The Morgan fingerprint density at radius 2 is 1.94 bits per heavy atom. The van der Waals surface area contributed by atoms with Gasteiger partial charge < -0.3 is 34.7 Å². The van der Waals surface area contributed by atoms with Gasteiger partial charge in [0.15, 0.2) is 5.13 Å². The van der Waals surface area contributed by atoms with Gasteiger partial charge >= 0.3 is 6.01 Å². The van der Waals surface area contributed by atoms with E-state index < -0.39 is 12.0 Å². The van der Waals surface area contributed by atoms with Gasteiger partial charge in [-0.2, -0.15) is 9.97 Å². The average Bonchev–Trinajstić information content (AvgIpc) is 3.69. The van der Waals surface area contributed by atoms with Gasteiger partial charge in [0.25, 0.3) is 5.56 Å². The molecule has 0 aliphatic carbocycles. The second-order valence-corrected chi connectivity index (χ2v) is 14.6. The number of alkyl halides is 1. The predicted molar refractivity (Wildman–Crippen MR) is 173 cm³/mol. The van der Waals surface area contributed by atoms with Crippen LogP contribution in [0.5, 0.6) is 6.01 Å². The lowest BCUT2D eigenvalue weighted by atomic mass is 9.95. The molecule has 15 heteroatoms. The molecule has 5 aliphatic rings. The molecule has 4 atom stereocenters. The van der Waals surface area contributed by atoms with Crippen molar-refractivity contribution < 1.29 is 23.0 Å². The Labute approximate surface area is 272 Å². The number of benzene rings is 1. The van der Waals surface area contributed by atoms with E-state index in [4.69, 9.17) is 29.9 Å². The zero-order valence-electron chi connectivity index (χ0n) is 25.8. The van der Waals surface area contributed by atoms with Gasteiger partial charge in [-0.25, -0.2) is 13.8 Å². The van der Waals surface area contributed by atoms with Crippen molar-refractivity contribution in [3.8, 4) is 17.3 Å². The van der Waals surface area contributed by atoms with Crippen LogP contribution >= 0.6 is 11.3 Å². The summed E-state index contributed by atoms with van der Waals surface area (Å²) in [6.45, 7) is 5.35. The molecule has 248 valence electrons. The normalized spacial score (nSPS) is 27.9. The lowest BCUT2D eigenvalue weighted by Crippen LogP contribution is -2.64. The van der Waals surface area contributed by atoms with Crippen LogP contribution < -0.4 is 26.2 Å². The number of nitrogens with one attached hydrogen (secondary N) is 1. The molecule has 47 heavy (non-hydrogen) atoms. The van der Waals surface area contributed by atoms with Crippen LogP contribution in [-0.2, 0) is 16.0 Å². The van der Waals surface area contributed by atoms with E-state index in [2.05, 4.69) is 20.1 Å². The first-order chi connectivity index (χ1) is 22.9. The van der Waals surface area contributed by atoms with Crippen molar-refractivity contribution >= 4 is 43.4 Å². The lowest BCUT2D eigenvalue weighted by molar-refractivity contribution is -0.0395. The van der Waals surface area contributed by atoms with Crippen LogP contribution in [0.1, 0.15) is 19.3 Å². The highest BCUT2D eigenvalue weighted by atomic mass is 32.1. The zero-order chi connectivity index (χ0) is 31.9. The summed E-state index contributed by atoms with van der Waals surface area (Å²) in [5, 5.41) is 4.11. The van der Waals surface area contributed by atoms with E-state index in [1.807, 2.05) is 6.07 Å². The summed E-state index contributed by atoms with van der Waals surface area (Å²) in [5.74, 6) is 0.229. The Kier molecular flexibility index (Phi) is 7.12. The monoisotopic (exact) mass is 666 g/mol. The summed E-state index contributed by atoms with van der Waals surface area (Å²) in [5.41, 5.74) is 7.36. The third-order valence-corrected chi connectivity index (χ3v) is 11.4. The fraction of sp³-hybridized carbons (Fsp3) is 0.562. The van der Waals surface area contributed by atoms with Crippen LogP contribution in [-0.4, -0.2) is 107 Å². The summed E-state index contributed by atoms with van der Waals surface area (Å²) in [6.07, 6.45) is 1.38. The molecule has 0 radical (unpaired) electrons. The van der Waals surface area contributed by atoms with Crippen molar-refractivity contribution in [2.75, 3.05) is 69.8 Å². The van der Waals surface area contributed by atoms with Crippen LogP contribution in [0.2, 0.25) is 0 Å². The molecule has 0 saturated carbocycles. The quantitative estimate of drug-likeness (QED) is 0.302. The van der Waals surface area contributed by atoms with Gasteiger partial charge in [0, 0.05) is 44.1 Å². The van der Waals surface area contributed by atoms with E-state index in [1.165, 1.54) is 6.07 Å². The second kappa shape index (κ2) is 11.3.